The molecular formula is C17H25NO. The molecule has 0 spiro atoms. The van der Waals surface area contributed by atoms with Gasteiger partial charge in [0.15, 0.2) is 0 Å². The van der Waals surface area contributed by atoms with Gasteiger partial charge in [-0.15, -0.1) is 0 Å². The van der Waals surface area contributed by atoms with Crippen LogP contribution in [0.2, 0.25) is 0 Å². The Morgan fingerprint density at radius 3 is 2.79 bits per heavy atom. The second kappa shape index (κ2) is 5.16. The molecule has 1 unspecified atom stereocenters. The van der Waals surface area contributed by atoms with Crippen LogP contribution in [0.5, 0.6) is 5.75 Å². The van der Waals surface area contributed by atoms with Gasteiger partial charge in [-0.05, 0) is 37.3 Å². The molecule has 1 aliphatic heterocycles. The maximum Gasteiger partial charge on any atom is 0.127 e. The highest BCUT2D eigenvalue weighted by molar-refractivity contribution is 5.46. The van der Waals surface area contributed by atoms with Crippen molar-refractivity contribution in [3.05, 3.63) is 29.3 Å². The highest BCUT2D eigenvalue weighted by atomic mass is 16.5. The summed E-state index contributed by atoms with van der Waals surface area (Å²) in [6, 6.07) is 7.12. The Kier molecular flexibility index (Phi) is 3.53. The van der Waals surface area contributed by atoms with Crippen molar-refractivity contribution in [2.75, 3.05) is 13.7 Å². The van der Waals surface area contributed by atoms with Crippen molar-refractivity contribution in [2.45, 2.75) is 51.5 Å². The Labute approximate surface area is 116 Å². The summed E-state index contributed by atoms with van der Waals surface area (Å²) >= 11 is 0. The summed E-state index contributed by atoms with van der Waals surface area (Å²) in [4.78, 5) is 0. The third-order valence-electron chi connectivity index (χ3n) is 5.26. The molecule has 3 rings (SSSR count). The minimum atomic E-state index is 0.426. The zero-order valence-corrected chi connectivity index (χ0v) is 12.2. The number of hydrogen-bond acceptors (Lipinski definition) is 2. The molecule has 0 aromatic heterocycles. The molecule has 2 heteroatoms. The summed E-state index contributed by atoms with van der Waals surface area (Å²) in [6.45, 7) is 3.20. The van der Waals surface area contributed by atoms with Crippen LogP contribution < -0.4 is 10.1 Å². The van der Waals surface area contributed by atoms with Crippen molar-refractivity contribution < 1.29 is 4.74 Å². The molecule has 1 aromatic rings. The molecule has 1 aliphatic carbocycles. The van der Waals surface area contributed by atoms with E-state index in [0.717, 1.165) is 13.0 Å². The first-order valence-electron chi connectivity index (χ1n) is 7.72. The molecule has 19 heavy (non-hydrogen) atoms. The van der Waals surface area contributed by atoms with E-state index in [1.807, 2.05) is 0 Å². The van der Waals surface area contributed by atoms with Gasteiger partial charge in [-0.1, -0.05) is 38.0 Å². The van der Waals surface area contributed by atoms with Crippen LogP contribution in [0.3, 0.4) is 0 Å². The molecule has 1 N–H and O–H groups in total. The summed E-state index contributed by atoms with van der Waals surface area (Å²) in [6.07, 6.45) is 7.77. The van der Waals surface area contributed by atoms with Gasteiger partial charge in [0.1, 0.15) is 5.75 Å². The standard InChI is InChI=1S/C17H25NO/c1-3-17(10-4-5-11-17)16(18-2)14-8-6-7-13-9-12-19-15(13)14/h6-8,16,18H,3-5,9-12H2,1-2H3. The second-order valence-corrected chi connectivity index (χ2v) is 6.08. The van der Waals surface area contributed by atoms with Gasteiger partial charge in [-0.2, -0.15) is 0 Å². The van der Waals surface area contributed by atoms with Crippen LogP contribution in [-0.2, 0) is 6.42 Å². The van der Waals surface area contributed by atoms with E-state index in [4.69, 9.17) is 4.74 Å². The minimum Gasteiger partial charge on any atom is -0.493 e. The van der Waals surface area contributed by atoms with Gasteiger partial charge in [0.2, 0.25) is 0 Å². The Hall–Kier alpha value is -1.02. The van der Waals surface area contributed by atoms with Crippen LogP contribution >= 0.6 is 0 Å². The Balaban J connectivity index is 2.01. The number of benzene rings is 1. The van der Waals surface area contributed by atoms with Gasteiger partial charge < -0.3 is 10.1 Å². The Bertz CT molecular complexity index is 449. The number of nitrogens with one attached hydrogen (secondary N) is 1. The summed E-state index contributed by atoms with van der Waals surface area (Å²) in [5.74, 6) is 1.17. The summed E-state index contributed by atoms with van der Waals surface area (Å²) in [5, 5.41) is 3.60. The van der Waals surface area contributed by atoms with E-state index in [-0.39, 0.29) is 0 Å². The van der Waals surface area contributed by atoms with Crippen molar-refractivity contribution in [1.82, 2.24) is 5.32 Å². The molecule has 0 bridgehead atoms. The molecule has 0 saturated heterocycles. The van der Waals surface area contributed by atoms with Gasteiger partial charge in [0.25, 0.3) is 0 Å². The highest BCUT2D eigenvalue weighted by Crippen LogP contribution is 2.52. The monoisotopic (exact) mass is 259 g/mol. The molecule has 1 aromatic carbocycles. The van der Waals surface area contributed by atoms with E-state index in [2.05, 4.69) is 37.5 Å². The fourth-order valence-corrected chi connectivity index (χ4v) is 4.19. The van der Waals surface area contributed by atoms with Crippen LogP contribution in [0.15, 0.2) is 18.2 Å². The number of ether oxygens (including phenoxy) is 1. The van der Waals surface area contributed by atoms with Crippen LogP contribution in [0, 0.1) is 5.41 Å². The quantitative estimate of drug-likeness (QED) is 0.886. The molecule has 0 radical (unpaired) electrons. The summed E-state index contributed by atoms with van der Waals surface area (Å²) in [7, 11) is 2.11. The van der Waals surface area contributed by atoms with E-state index >= 15 is 0 Å². The molecule has 1 atom stereocenters. The van der Waals surface area contributed by atoms with Crippen molar-refractivity contribution in [3.63, 3.8) is 0 Å². The number of fused-ring (bicyclic) bond motifs is 1. The lowest BCUT2D eigenvalue weighted by Crippen LogP contribution is -2.34. The number of hydrogen-bond donors (Lipinski definition) is 1. The first-order valence-corrected chi connectivity index (χ1v) is 7.72. The summed E-state index contributed by atoms with van der Waals surface area (Å²) in [5.41, 5.74) is 3.21. The smallest absolute Gasteiger partial charge is 0.127 e. The molecule has 2 nitrogen and oxygen atoms in total. The van der Waals surface area contributed by atoms with E-state index in [0.29, 0.717) is 11.5 Å². The van der Waals surface area contributed by atoms with Gasteiger partial charge >= 0.3 is 0 Å². The average Bonchev–Trinajstić information content (AvgIpc) is 3.09. The SMILES string of the molecule is CCC1(C(NC)c2cccc3c2OCC3)CCCC1. The fraction of sp³-hybridized carbons (Fsp3) is 0.647. The van der Waals surface area contributed by atoms with Gasteiger partial charge in [0, 0.05) is 18.0 Å². The first-order chi connectivity index (χ1) is 9.30. The summed E-state index contributed by atoms with van der Waals surface area (Å²) < 4.78 is 5.92. The second-order valence-electron chi connectivity index (χ2n) is 6.08. The van der Waals surface area contributed by atoms with E-state index < -0.39 is 0 Å². The predicted octanol–water partition coefficient (Wildman–Crippen LogP) is 3.85. The van der Waals surface area contributed by atoms with Crippen LogP contribution in [-0.4, -0.2) is 13.7 Å². The van der Waals surface area contributed by atoms with E-state index in [1.165, 1.54) is 49.0 Å². The molecule has 1 fully saturated rings. The maximum atomic E-state index is 5.92. The highest BCUT2D eigenvalue weighted by Gasteiger charge is 2.41. The van der Waals surface area contributed by atoms with Crippen molar-refractivity contribution in [1.29, 1.82) is 0 Å². The minimum absolute atomic E-state index is 0.426. The third kappa shape index (κ3) is 2.06. The zero-order valence-electron chi connectivity index (χ0n) is 12.2. The maximum absolute atomic E-state index is 5.92. The average molecular weight is 259 g/mol. The lowest BCUT2D eigenvalue weighted by molar-refractivity contribution is 0.191. The molecule has 104 valence electrons. The molecular weight excluding hydrogens is 234 g/mol. The topological polar surface area (TPSA) is 21.3 Å². The molecule has 1 saturated carbocycles. The van der Waals surface area contributed by atoms with E-state index in [1.54, 1.807) is 0 Å². The Morgan fingerprint density at radius 1 is 1.32 bits per heavy atom. The largest absolute Gasteiger partial charge is 0.493 e. The van der Waals surface area contributed by atoms with Crippen LogP contribution in [0.1, 0.15) is 56.2 Å². The van der Waals surface area contributed by atoms with Crippen molar-refractivity contribution in [3.8, 4) is 5.75 Å². The third-order valence-corrected chi connectivity index (χ3v) is 5.26. The van der Waals surface area contributed by atoms with Gasteiger partial charge in [-0.3, -0.25) is 0 Å². The van der Waals surface area contributed by atoms with E-state index in [9.17, 15) is 0 Å². The molecule has 0 amide bonds. The lowest BCUT2D eigenvalue weighted by Gasteiger charge is -2.37. The van der Waals surface area contributed by atoms with Crippen molar-refractivity contribution in [2.24, 2.45) is 5.41 Å². The van der Waals surface area contributed by atoms with Crippen molar-refractivity contribution >= 4 is 0 Å². The van der Waals surface area contributed by atoms with Gasteiger partial charge in [-0.25, -0.2) is 0 Å². The fourth-order valence-electron chi connectivity index (χ4n) is 4.19. The lowest BCUT2D eigenvalue weighted by atomic mass is 9.73. The number of para-hydroxylation sites is 1. The number of rotatable bonds is 4. The van der Waals surface area contributed by atoms with Gasteiger partial charge in [0.05, 0.1) is 6.61 Å². The first kappa shape index (κ1) is 13.0. The molecule has 1 heterocycles. The van der Waals surface area contributed by atoms with Crippen LogP contribution in [0.25, 0.3) is 0 Å². The normalized spacial score (nSPS) is 22.0. The van der Waals surface area contributed by atoms with Crippen LogP contribution in [0.4, 0.5) is 0 Å². The zero-order chi connectivity index (χ0) is 13.3. The molecule has 2 aliphatic rings. The Morgan fingerprint density at radius 2 is 2.11 bits per heavy atom. The predicted molar refractivity (Wildman–Crippen MR) is 78.6 cm³/mol.